The Morgan fingerprint density at radius 1 is 0.706 bits per heavy atom. The van der Waals surface area contributed by atoms with Crippen molar-refractivity contribution in [3.05, 3.63) is 71.5 Å². The average Bonchev–Trinajstić information content (AvgIpc) is 3.00. The molecule has 0 bridgehead atoms. The minimum atomic E-state index is 0. The van der Waals surface area contributed by atoms with Gasteiger partial charge in [-0.05, 0) is 12.2 Å². The van der Waals surface area contributed by atoms with Gasteiger partial charge in [-0.2, -0.15) is 36.4 Å². The second-order valence-corrected chi connectivity index (χ2v) is 2.11. The first-order valence-corrected chi connectivity index (χ1v) is 4.19. The van der Waals surface area contributed by atoms with Crippen molar-refractivity contribution in [1.82, 2.24) is 0 Å². The van der Waals surface area contributed by atoms with Gasteiger partial charge in [0.15, 0.2) is 0 Å². The fraction of sp³-hybridized carbons (Fsp3) is 0. The van der Waals surface area contributed by atoms with Crippen molar-refractivity contribution in [1.29, 1.82) is 0 Å². The molecule has 2 aromatic carbocycles. The van der Waals surface area contributed by atoms with Gasteiger partial charge < -0.3 is 10.8 Å². The summed E-state index contributed by atoms with van der Waals surface area (Å²) >= 11 is 0. The van der Waals surface area contributed by atoms with Gasteiger partial charge in [-0.1, -0.05) is 0 Å². The molecule has 0 aliphatic heterocycles. The molecule has 0 heterocycles. The first-order valence-electron chi connectivity index (χ1n) is 4.19. The maximum atomic E-state index is 8.24. The van der Waals surface area contributed by atoms with Crippen LogP contribution in [-0.4, -0.2) is 12.2 Å². The van der Waals surface area contributed by atoms with Gasteiger partial charge in [0.2, 0.25) is 0 Å². The molecule has 0 saturated heterocycles. The molecular weight excluding hydrogens is 260 g/mol. The number of hydrogen-bond donors (Lipinski definition) is 0. The minimum Gasteiger partial charge on any atom is -0.724 e. The predicted octanol–water partition coefficient (Wildman–Crippen LogP) is 2.59. The van der Waals surface area contributed by atoms with Crippen LogP contribution in [0.4, 0.5) is 0 Å². The van der Waals surface area contributed by atoms with E-state index in [-0.39, 0.29) is 17.1 Å². The van der Waals surface area contributed by atoms with E-state index in [1.54, 1.807) is 0 Å². The monoisotopic (exact) mass is 270 g/mol. The van der Waals surface area contributed by atoms with Crippen LogP contribution in [-0.2, 0) is 26.7 Å². The van der Waals surface area contributed by atoms with Gasteiger partial charge in [0.05, 0.1) is 0 Å². The Bertz CT molecular complexity index is 284. The average molecular weight is 270 g/mol. The molecular formula is C12H10FeN2O2. The second-order valence-electron chi connectivity index (χ2n) is 2.11. The summed E-state index contributed by atoms with van der Waals surface area (Å²) in [7, 11) is 0. The van der Waals surface area contributed by atoms with E-state index in [1.807, 2.05) is 60.7 Å². The number of carbonyl (C=O) groups excluding carboxylic acids is 2. The van der Waals surface area contributed by atoms with E-state index in [9.17, 15) is 0 Å². The van der Waals surface area contributed by atoms with Gasteiger partial charge in [0.25, 0.3) is 0 Å². The van der Waals surface area contributed by atoms with Crippen LogP contribution in [0.3, 0.4) is 0 Å². The molecule has 4 nitrogen and oxygen atoms in total. The molecule has 0 atom stereocenters. The predicted molar refractivity (Wildman–Crippen MR) is 62.2 cm³/mol. The van der Waals surface area contributed by atoms with Gasteiger partial charge >= 0.3 is 17.1 Å². The van der Waals surface area contributed by atoms with Gasteiger partial charge in [-0.25, -0.2) is 24.3 Å². The van der Waals surface area contributed by atoms with Crippen LogP contribution in [0.1, 0.15) is 0 Å². The van der Waals surface area contributed by atoms with E-state index in [4.69, 9.17) is 20.4 Å². The fourth-order valence-corrected chi connectivity index (χ4v) is 0.642. The van der Waals surface area contributed by atoms with Crippen molar-refractivity contribution in [2.75, 3.05) is 0 Å². The number of rotatable bonds is 0. The summed E-state index contributed by atoms with van der Waals surface area (Å²) in [6.45, 7) is 0. The summed E-state index contributed by atoms with van der Waals surface area (Å²) in [4.78, 5) is 16.5. The number of hydrogen-bond acceptors (Lipinski definition) is 2. The Kier molecular flexibility index (Phi) is 28.4. The van der Waals surface area contributed by atoms with Crippen LogP contribution in [0.5, 0.6) is 0 Å². The molecule has 2 rings (SSSR count). The van der Waals surface area contributed by atoms with Crippen molar-refractivity contribution in [2.24, 2.45) is 0 Å². The Morgan fingerprint density at radius 3 is 0.941 bits per heavy atom. The molecule has 0 spiro atoms. The maximum absolute atomic E-state index is 8.24. The van der Waals surface area contributed by atoms with Gasteiger partial charge in [-0.3, -0.25) is 9.59 Å². The first-order chi connectivity index (χ1) is 7.83. The van der Waals surface area contributed by atoms with Gasteiger partial charge in [-0.15, -0.1) is 0 Å². The first kappa shape index (κ1) is 20.4. The minimum absolute atomic E-state index is 0. The molecule has 2 aromatic rings. The fourth-order valence-electron chi connectivity index (χ4n) is 0.642. The van der Waals surface area contributed by atoms with E-state index >= 15 is 0 Å². The summed E-state index contributed by atoms with van der Waals surface area (Å²) in [5.41, 5.74) is 0. The van der Waals surface area contributed by atoms with E-state index in [0.717, 1.165) is 0 Å². The molecule has 0 saturated carbocycles. The largest absolute Gasteiger partial charge is 4.00 e. The SMILES string of the molecule is [Fe+4].[N-]=C=O.[N-]=C=O.c1cc[cH-]c1.c1cc[cH-]c1. The van der Waals surface area contributed by atoms with Gasteiger partial charge in [0.1, 0.15) is 0 Å². The van der Waals surface area contributed by atoms with Crippen LogP contribution < -0.4 is 0 Å². The van der Waals surface area contributed by atoms with Crippen molar-refractivity contribution in [3.8, 4) is 0 Å². The molecule has 5 heteroatoms. The van der Waals surface area contributed by atoms with Crippen LogP contribution in [0.25, 0.3) is 10.8 Å². The standard InChI is InChI=1S/2C5H5.2CNO.Fe/c2*1-2-4-5-3-1;2*2-1-3;/h2*1-5H;;;/q4*-1;+4. The van der Waals surface area contributed by atoms with Crippen molar-refractivity contribution in [3.63, 3.8) is 0 Å². The normalized spacial score (nSPS) is 5.65. The van der Waals surface area contributed by atoms with E-state index in [0.29, 0.717) is 12.2 Å². The molecule has 0 aliphatic rings. The van der Waals surface area contributed by atoms with Crippen LogP contribution in [0, 0.1) is 0 Å². The number of nitrogens with zero attached hydrogens (tertiary/aromatic N) is 2. The Hall–Kier alpha value is -2.02. The van der Waals surface area contributed by atoms with E-state index < -0.39 is 0 Å². The molecule has 0 N–H and O–H groups in total. The second kappa shape index (κ2) is 23.6. The van der Waals surface area contributed by atoms with Crippen molar-refractivity contribution in [2.45, 2.75) is 0 Å². The maximum Gasteiger partial charge on any atom is 4.00 e. The van der Waals surface area contributed by atoms with Gasteiger partial charge in [0, 0.05) is 0 Å². The third kappa shape index (κ3) is 31.5. The summed E-state index contributed by atoms with van der Waals surface area (Å²) in [6.07, 6.45) is 1.00. The van der Waals surface area contributed by atoms with Crippen molar-refractivity contribution < 1.29 is 26.7 Å². The zero-order chi connectivity index (χ0) is 12.5. The molecule has 0 aliphatic carbocycles. The summed E-state index contributed by atoms with van der Waals surface area (Å²) in [5.74, 6) is 0. The topological polar surface area (TPSA) is 78.7 Å². The summed E-state index contributed by atoms with van der Waals surface area (Å²) in [6, 6.07) is 20.0. The third-order valence-electron chi connectivity index (χ3n) is 1.11. The van der Waals surface area contributed by atoms with E-state index in [1.165, 1.54) is 0 Å². The molecule has 88 valence electrons. The molecule has 17 heavy (non-hydrogen) atoms. The van der Waals surface area contributed by atoms with Crippen LogP contribution in [0.2, 0.25) is 0 Å². The smallest absolute Gasteiger partial charge is 0.724 e. The molecule has 0 amide bonds. The molecule has 0 radical (unpaired) electrons. The number of isocyanates is 2. The zero-order valence-corrected chi connectivity index (χ0v) is 9.94. The summed E-state index contributed by atoms with van der Waals surface area (Å²) in [5, 5.41) is 13.5. The van der Waals surface area contributed by atoms with E-state index in [2.05, 4.69) is 0 Å². The molecule has 0 aromatic heterocycles. The Labute approximate surface area is 111 Å². The zero-order valence-electron chi connectivity index (χ0n) is 8.84. The van der Waals surface area contributed by atoms with Crippen LogP contribution >= 0.6 is 0 Å². The van der Waals surface area contributed by atoms with Crippen molar-refractivity contribution >= 4 is 12.2 Å². The molecule has 0 fully saturated rings. The molecule has 0 unspecified atom stereocenters. The Balaban J connectivity index is -0.000000157. The summed E-state index contributed by atoms with van der Waals surface area (Å²) < 4.78 is 0. The third-order valence-corrected chi connectivity index (χ3v) is 1.11. The Morgan fingerprint density at radius 2 is 0.882 bits per heavy atom. The van der Waals surface area contributed by atoms with Crippen LogP contribution in [0.15, 0.2) is 60.7 Å². The quantitative estimate of drug-likeness (QED) is 0.319.